The zero-order valence-corrected chi connectivity index (χ0v) is 17.3. The van der Waals surface area contributed by atoms with Crippen molar-refractivity contribution in [2.45, 2.75) is 26.7 Å². The highest BCUT2D eigenvalue weighted by atomic mass is 16.3. The molecule has 1 heterocycles. The fraction of sp³-hybridized carbons (Fsp3) is 0.200. The second kappa shape index (κ2) is 10.3. The van der Waals surface area contributed by atoms with E-state index in [2.05, 4.69) is 35.8 Å². The Balaban J connectivity index is 1.62. The van der Waals surface area contributed by atoms with E-state index in [1.165, 1.54) is 23.5 Å². The van der Waals surface area contributed by atoms with E-state index in [4.69, 9.17) is 4.42 Å². The third-order valence-electron chi connectivity index (χ3n) is 4.65. The van der Waals surface area contributed by atoms with E-state index in [0.29, 0.717) is 17.9 Å². The van der Waals surface area contributed by atoms with Crippen LogP contribution in [0.15, 0.2) is 77.0 Å². The monoisotopic (exact) mass is 402 g/mol. The van der Waals surface area contributed by atoms with Crippen LogP contribution in [-0.4, -0.2) is 18.4 Å². The average Bonchev–Trinajstić information content (AvgIpc) is 3.24. The summed E-state index contributed by atoms with van der Waals surface area (Å²) in [6.07, 6.45) is 4.72. The Hall–Kier alpha value is -3.60. The van der Waals surface area contributed by atoms with Gasteiger partial charge in [-0.1, -0.05) is 47.5 Å². The molecule has 3 aromatic rings. The van der Waals surface area contributed by atoms with Gasteiger partial charge in [0.05, 0.1) is 6.26 Å². The number of nitrogens with one attached hydrogen (secondary N) is 2. The van der Waals surface area contributed by atoms with E-state index in [-0.39, 0.29) is 17.5 Å². The first-order valence-electron chi connectivity index (χ1n) is 9.98. The summed E-state index contributed by atoms with van der Waals surface area (Å²) in [4.78, 5) is 25.3. The maximum Gasteiger partial charge on any atom is 0.267 e. The number of benzene rings is 2. The molecule has 0 unspecified atom stereocenters. The van der Waals surface area contributed by atoms with Crippen molar-refractivity contribution in [3.63, 3.8) is 0 Å². The minimum Gasteiger partial charge on any atom is -0.465 e. The van der Waals surface area contributed by atoms with Crippen molar-refractivity contribution >= 4 is 17.9 Å². The summed E-state index contributed by atoms with van der Waals surface area (Å²) in [5, 5.41) is 5.59. The molecule has 5 nitrogen and oxygen atoms in total. The lowest BCUT2D eigenvalue weighted by molar-refractivity contribution is -0.117. The Morgan fingerprint density at radius 1 is 0.967 bits per heavy atom. The molecule has 30 heavy (non-hydrogen) atoms. The van der Waals surface area contributed by atoms with E-state index in [1.807, 2.05) is 25.1 Å². The van der Waals surface area contributed by atoms with Crippen LogP contribution < -0.4 is 10.6 Å². The lowest BCUT2D eigenvalue weighted by Crippen LogP contribution is -2.35. The van der Waals surface area contributed by atoms with Crippen molar-refractivity contribution < 1.29 is 14.0 Å². The van der Waals surface area contributed by atoms with E-state index in [1.54, 1.807) is 24.3 Å². The molecule has 0 atom stereocenters. The van der Waals surface area contributed by atoms with Crippen molar-refractivity contribution in [3.8, 4) is 0 Å². The molecular formula is C25H26N2O3. The highest BCUT2D eigenvalue weighted by Gasteiger charge is 2.15. The first kappa shape index (κ1) is 21.1. The number of hydrogen-bond acceptors (Lipinski definition) is 3. The Labute approximate surface area is 176 Å². The predicted octanol–water partition coefficient (Wildman–Crippen LogP) is 4.42. The standard InChI is InChI=1S/C25H26N2O3/c1-18-10-12-21(13-11-18)24(28)27-23(17-22-9-5-15-30-22)25(29)26-14-4-8-20-7-3-6-19(2)16-20/h3,5-7,9-13,15-17H,4,8,14H2,1-2H3,(H,26,29)(H,27,28)/b23-17-. The van der Waals surface area contributed by atoms with Gasteiger partial charge in [0.25, 0.3) is 11.8 Å². The zero-order valence-electron chi connectivity index (χ0n) is 17.3. The van der Waals surface area contributed by atoms with Gasteiger partial charge in [-0.3, -0.25) is 9.59 Å². The van der Waals surface area contributed by atoms with Crippen LogP contribution in [0.5, 0.6) is 0 Å². The molecule has 0 bridgehead atoms. The van der Waals surface area contributed by atoms with Gasteiger partial charge in [0.15, 0.2) is 0 Å². The Bertz CT molecular complexity index is 1020. The topological polar surface area (TPSA) is 71.3 Å². The van der Waals surface area contributed by atoms with Gasteiger partial charge in [-0.25, -0.2) is 0 Å². The quantitative estimate of drug-likeness (QED) is 0.433. The fourth-order valence-electron chi connectivity index (χ4n) is 3.03. The molecule has 2 amide bonds. The van der Waals surface area contributed by atoms with Crippen LogP contribution in [0, 0.1) is 13.8 Å². The minimum absolute atomic E-state index is 0.145. The number of rotatable bonds is 8. The highest BCUT2D eigenvalue weighted by molar-refractivity contribution is 6.05. The molecule has 2 N–H and O–H groups in total. The van der Waals surface area contributed by atoms with Crippen LogP contribution in [0.4, 0.5) is 0 Å². The maximum absolute atomic E-state index is 12.7. The molecule has 0 radical (unpaired) electrons. The predicted molar refractivity (Wildman–Crippen MR) is 118 cm³/mol. The first-order valence-corrected chi connectivity index (χ1v) is 9.98. The summed E-state index contributed by atoms with van der Waals surface area (Å²) in [7, 11) is 0. The maximum atomic E-state index is 12.7. The molecule has 0 spiro atoms. The number of carbonyl (C=O) groups is 2. The molecule has 0 aliphatic carbocycles. The summed E-state index contributed by atoms with van der Waals surface area (Å²) in [6, 6.07) is 19.0. The smallest absolute Gasteiger partial charge is 0.267 e. The van der Waals surface area contributed by atoms with Crippen molar-refractivity contribution in [3.05, 3.63) is 101 Å². The first-order chi connectivity index (χ1) is 14.5. The summed E-state index contributed by atoms with van der Waals surface area (Å²) < 4.78 is 5.30. The summed E-state index contributed by atoms with van der Waals surface area (Å²) >= 11 is 0. The lowest BCUT2D eigenvalue weighted by atomic mass is 10.1. The molecule has 0 fully saturated rings. The van der Waals surface area contributed by atoms with E-state index >= 15 is 0 Å². The van der Waals surface area contributed by atoms with Crippen LogP contribution in [0.3, 0.4) is 0 Å². The van der Waals surface area contributed by atoms with Crippen molar-refractivity contribution in [1.82, 2.24) is 10.6 Å². The van der Waals surface area contributed by atoms with Crippen LogP contribution in [-0.2, 0) is 11.2 Å². The van der Waals surface area contributed by atoms with Crippen molar-refractivity contribution in [2.75, 3.05) is 6.54 Å². The summed E-state index contributed by atoms with van der Waals surface area (Å²) in [5.74, 6) is -0.206. The molecular weight excluding hydrogens is 376 g/mol. The third-order valence-corrected chi connectivity index (χ3v) is 4.65. The fourth-order valence-corrected chi connectivity index (χ4v) is 3.03. The molecule has 0 aliphatic rings. The zero-order chi connectivity index (χ0) is 21.3. The second-order valence-corrected chi connectivity index (χ2v) is 7.24. The van der Waals surface area contributed by atoms with Gasteiger partial charge in [0.1, 0.15) is 11.5 Å². The Morgan fingerprint density at radius 3 is 2.47 bits per heavy atom. The van der Waals surface area contributed by atoms with Crippen LogP contribution in [0.1, 0.15) is 39.2 Å². The number of carbonyl (C=O) groups excluding carboxylic acids is 2. The molecule has 5 heteroatoms. The Kier molecular flexibility index (Phi) is 7.22. The molecule has 0 saturated heterocycles. The molecule has 0 aliphatic heterocycles. The molecule has 154 valence electrons. The Morgan fingerprint density at radius 2 is 1.77 bits per heavy atom. The van der Waals surface area contributed by atoms with E-state index < -0.39 is 0 Å². The van der Waals surface area contributed by atoms with E-state index in [9.17, 15) is 9.59 Å². The molecule has 3 rings (SSSR count). The van der Waals surface area contributed by atoms with Crippen LogP contribution in [0.2, 0.25) is 0 Å². The lowest BCUT2D eigenvalue weighted by Gasteiger charge is -2.11. The second-order valence-electron chi connectivity index (χ2n) is 7.24. The van der Waals surface area contributed by atoms with Gasteiger partial charge < -0.3 is 15.1 Å². The summed E-state index contributed by atoms with van der Waals surface area (Å²) in [5.41, 5.74) is 4.15. The number of amides is 2. The van der Waals surface area contributed by atoms with Gasteiger partial charge in [-0.2, -0.15) is 0 Å². The number of aryl methyl sites for hydroxylation is 3. The van der Waals surface area contributed by atoms with Gasteiger partial charge in [0, 0.05) is 18.2 Å². The number of furan rings is 1. The molecule has 1 aromatic heterocycles. The van der Waals surface area contributed by atoms with Gasteiger partial charge >= 0.3 is 0 Å². The van der Waals surface area contributed by atoms with Crippen molar-refractivity contribution in [2.24, 2.45) is 0 Å². The highest BCUT2D eigenvalue weighted by Crippen LogP contribution is 2.09. The van der Waals surface area contributed by atoms with Crippen LogP contribution >= 0.6 is 0 Å². The minimum atomic E-state index is -0.351. The SMILES string of the molecule is Cc1ccc(C(=O)N/C(=C\c2ccco2)C(=O)NCCCc2cccc(C)c2)cc1. The number of hydrogen-bond donors (Lipinski definition) is 2. The van der Waals surface area contributed by atoms with Crippen molar-refractivity contribution in [1.29, 1.82) is 0 Å². The van der Waals surface area contributed by atoms with Gasteiger partial charge in [0.2, 0.25) is 0 Å². The largest absolute Gasteiger partial charge is 0.465 e. The molecule has 2 aromatic carbocycles. The van der Waals surface area contributed by atoms with Gasteiger partial charge in [-0.05, 0) is 56.5 Å². The van der Waals surface area contributed by atoms with Crippen LogP contribution in [0.25, 0.3) is 6.08 Å². The average molecular weight is 402 g/mol. The third kappa shape index (κ3) is 6.21. The normalized spacial score (nSPS) is 11.2. The van der Waals surface area contributed by atoms with E-state index in [0.717, 1.165) is 18.4 Å². The van der Waals surface area contributed by atoms with Gasteiger partial charge in [-0.15, -0.1) is 0 Å². The molecule has 0 saturated carbocycles. The summed E-state index contributed by atoms with van der Waals surface area (Å²) in [6.45, 7) is 4.52.